The van der Waals surface area contributed by atoms with Gasteiger partial charge in [0.1, 0.15) is 11.5 Å². The lowest BCUT2D eigenvalue weighted by Crippen LogP contribution is -2.24. The fourth-order valence-corrected chi connectivity index (χ4v) is 2.96. The molecule has 3 rings (SSSR count). The minimum Gasteiger partial charge on any atom is -0.489 e. The van der Waals surface area contributed by atoms with Crippen molar-refractivity contribution in [2.75, 3.05) is 6.61 Å². The summed E-state index contributed by atoms with van der Waals surface area (Å²) in [6.07, 6.45) is 2.50. The third-order valence-corrected chi connectivity index (χ3v) is 4.89. The molecule has 0 aliphatic carbocycles. The summed E-state index contributed by atoms with van der Waals surface area (Å²) in [5, 5.41) is 4.45. The molecule has 1 N–H and O–H groups in total. The number of benzene rings is 3. The number of hydrogen-bond donors (Lipinski definition) is 1. The summed E-state index contributed by atoms with van der Waals surface area (Å²) < 4.78 is 11.3. The number of carbonyl (C=O) groups is 1. The number of hydrogen-bond acceptors (Lipinski definition) is 4. The van der Waals surface area contributed by atoms with E-state index >= 15 is 0 Å². The Balaban J connectivity index is 1.47. The molecule has 0 unspecified atom stereocenters. The van der Waals surface area contributed by atoms with Gasteiger partial charge in [0.15, 0.2) is 6.61 Å². The molecule has 0 heterocycles. The van der Waals surface area contributed by atoms with Crippen LogP contribution >= 0.6 is 11.6 Å². The number of amides is 1. The third kappa shape index (κ3) is 6.86. The van der Waals surface area contributed by atoms with Gasteiger partial charge in [0.05, 0.1) is 17.3 Å². The minimum atomic E-state index is -0.355. The number of ether oxygens (including phenoxy) is 2. The second-order valence-electron chi connectivity index (χ2n) is 7.00. The molecular weight excluding hydrogens is 412 g/mol. The van der Waals surface area contributed by atoms with Gasteiger partial charge in [-0.2, -0.15) is 5.10 Å². The molecular formula is C25H25ClN2O3. The van der Waals surface area contributed by atoms with Crippen molar-refractivity contribution >= 4 is 23.7 Å². The molecule has 1 atom stereocenters. The number of nitrogens with one attached hydrogen (secondary N) is 1. The van der Waals surface area contributed by atoms with Crippen LogP contribution in [0.1, 0.15) is 25.8 Å². The lowest BCUT2D eigenvalue weighted by Gasteiger charge is -2.13. The predicted molar refractivity (Wildman–Crippen MR) is 125 cm³/mol. The highest BCUT2D eigenvalue weighted by atomic mass is 35.5. The second kappa shape index (κ2) is 11.2. The first-order chi connectivity index (χ1) is 15.0. The fraction of sp³-hybridized carbons (Fsp3) is 0.200. The van der Waals surface area contributed by atoms with E-state index in [1.807, 2.05) is 74.5 Å². The van der Waals surface area contributed by atoms with Gasteiger partial charge in [0.2, 0.25) is 0 Å². The summed E-state index contributed by atoms with van der Waals surface area (Å²) in [6, 6.07) is 23.0. The van der Waals surface area contributed by atoms with Crippen molar-refractivity contribution < 1.29 is 14.3 Å². The quantitative estimate of drug-likeness (QED) is 0.345. The van der Waals surface area contributed by atoms with Gasteiger partial charge in [-0.15, -0.1) is 0 Å². The Morgan fingerprint density at radius 2 is 1.77 bits per heavy atom. The van der Waals surface area contributed by atoms with Gasteiger partial charge in [-0.05, 0) is 60.4 Å². The second-order valence-corrected chi connectivity index (χ2v) is 7.41. The molecule has 160 valence electrons. The highest BCUT2D eigenvalue weighted by molar-refractivity contribution is 6.32. The van der Waals surface area contributed by atoms with Crippen molar-refractivity contribution in [2.24, 2.45) is 5.10 Å². The summed E-state index contributed by atoms with van der Waals surface area (Å²) in [6.45, 7) is 3.90. The number of rotatable bonds is 9. The molecule has 0 aliphatic rings. The Morgan fingerprint density at radius 1 is 1.06 bits per heavy atom. The maximum atomic E-state index is 12.0. The van der Waals surface area contributed by atoms with Crippen LogP contribution in [0.15, 0.2) is 77.9 Å². The molecule has 1 amide bonds. The molecule has 31 heavy (non-hydrogen) atoms. The molecule has 0 saturated carbocycles. The van der Waals surface area contributed by atoms with Crippen LogP contribution in [-0.2, 0) is 4.79 Å². The van der Waals surface area contributed by atoms with Crippen LogP contribution in [-0.4, -0.2) is 24.8 Å². The lowest BCUT2D eigenvalue weighted by atomic mass is 10.1. The fourth-order valence-electron chi connectivity index (χ4n) is 2.73. The highest BCUT2D eigenvalue weighted by Gasteiger charge is 2.06. The predicted octanol–water partition coefficient (Wildman–Crippen LogP) is 5.71. The largest absolute Gasteiger partial charge is 0.489 e. The normalized spacial score (nSPS) is 11.8. The maximum Gasteiger partial charge on any atom is 0.277 e. The minimum absolute atomic E-state index is 0.0887. The first-order valence-electron chi connectivity index (χ1n) is 10.1. The van der Waals surface area contributed by atoms with Crippen LogP contribution in [0.4, 0.5) is 0 Å². The smallest absolute Gasteiger partial charge is 0.277 e. The zero-order valence-electron chi connectivity index (χ0n) is 17.5. The topological polar surface area (TPSA) is 59.9 Å². The molecule has 5 nitrogen and oxygen atoms in total. The van der Waals surface area contributed by atoms with E-state index in [0.29, 0.717) is 16.5 Å². The van der Waals surface area contributed by atoms with E-state index in [1.54, 1.807) is 12.1 Å². The number of nitrogens with zero attached hydrogens (tertiary/aromatic N) is 1. The standard InChI is InChI=1S/C25H25ClN2O3/c1-3-18(2)31-24-14-9-19(15-23(24)26)16-27-28-25(29)17-30-22-12-10-21(11-13-22)20-7-5-4-6-8-20/h4-16,18H,3,17H2,1-2H3,(H,28,29)/b27-16+/t18-/m0/s1. The van der Waals surface area contributed by atoms with Crippen LogP contribution < -0.4 is 14.9 Å². The molecule has 0 radical (unpaired) electrons. The Hall–Kier alpha value is -3.31. The van der Waals surface area contributed by atoms with Crippen molar-refractivity contribution in [1.82, 2.24) is 5.43 Å². The van der Waals surface area contributed by atoms with E-state index < -0.39 is 0 Å². The van der Waals surface area contributed by atoms with Gasteiger partial charge in [-0.25, -0.2) is 5.43 Å². The molecule has 0 fully saturated rings. The Morgan fingerprint density at radius 3 is 2.45 bits per heavy atom. The Labute approximate surface area is 187 Å². The maximum absolute atomic E-state index is 12.0. The van der Waals surface area contributed by atoms with Crippen molar-refractivity contribution in [3.8, 4) is 22.6 Å². The molecule has 6 heteroatoms. The van der Waals surface area contributed by atoms with Crippen LogP contribution in [0.25, 0.3) is 11.1 Å². The van der Waals surface area contributed by atoms with Crippen molar-refractivity contribution in [1.29, 1.82) is 0 Å². The average Bonchev–Trinajstić information content (AvgIpc) is 2.80. The Kier molecular flexibility index (Phi) is 8.07. The SMILES string of the molecule is CC[C@H](C)Oc1ccc(/C=N/NC(=O)COc2ccc(-c3ccccc3)cc2)cc1Cl. The Bertz CT molecular complexity index is 1020. The van der Waals surface area contributed by atoms with E-state index in [2.05, 4.69) is 10.5 Å². The van der Waals surface area contributed by atoms with Crippen LogP contribution in [0.2, 0.25) is 5.02 Å². The van der Waals surface area contributed by atoms with Crippen LogP contribution in [0.3, 0.4) is 0 Å². The van der Waals surface area contributed by atoms with Gasteiger partial charge in [-0.1, -0.05) is 61.0 Å². The van der Waals surface area contributed by atoms with Gasteiger partial charge in [0.25, 0.3) is 5.91 Å². The highest BCUT2D eigenvalue weighted by Crippen LogP contribution is 2.26. The lowest BCUT2D eigenvalue weighted by molar-refractivity contribution is -0.123. The van der Waals surface area contributed by atoms with Gasteiger partial charge in [-0.3, -0.25) is 4.79 Å². The van der Waals surface area contributed by atoms with Crippen LogP contribution in [0, 0.1) is 0 Å². The summed E-state index contributed by atoms with van der Waals surface area (Å²) in [5.74, 6) is 0.887. The zero-order valence-corrected chi connectivity index (χ0v) is 18.3. The van der Waals surface area contributed by atoms with Gasteiger partial charge < -0.3 is 9.47 Å². The monoisotopic (exact) mass is 436 g/mol. The molecule has 0 aliphatic heterocycles. The summed E-state index contributed by atoms with van der Waals surface area (Å²) >= 11 is 6.25. The number of hydrazone groups is 1. The zero-order chi connectivity index (χ0) is 22.1. The molecule has 3 aromatic carbocycles. The van der Waals surface area contributed by atoms with E-state index in [0.717, 1.165) is 23.1 Å². The van der Waals surface area contributed by atoms with Crippen molar-refractivity contribution in [3.63, 3.8) is 0 Å². The first kappa shape index (κ1) is 22.4. The van der Waals surface area contributed by atoms with Crippen molar-refractivity contribution in [2.45, 2.75) is 26.4 Å². The molecule has 0 bridgehead atoms. The summed E-state index contributed by atoms with van der Waals surface area (Å²) in [5.41, 5.74) is 5.40. The molecule has 0 spiro atoms. The van der Waals surface area contributed by atoms with E-state index in [4.69, 9.17) is 21.1 Å². The van der Waals surface area contributed by atoms with Gasteiger partial charge in [0, 0.05) is 0 Å². The molecule has 0 saturated heterocycles. The third-order valence-electron chi connectivity index (χ3n) is 4.59. The van der Waals surface area contributed by atoms with E-state index in [-0.39, 0.29) is 18.6 Å². The average molecular weight is 437 g/mol. The van der Waals surface area contributed by atoms with E-state index in [1.165, 1.54) is 6.21 Å². The summed E-state index contributed by atoms with van der Waals surface area (Å²) in [7, 11) is 0. The van der Waals surface area contributed by atoms with Crippen molar-refractivity contribution in [3.05, 3.63) is 83.4 Å². The van der Waals surface area contributed by atoms with Crippen LogP contribution in [0.5, 0.6) is 11.5 Å². The van der Waals surface area contributed by atoms with Gasteiger partial charge >= 0.3 is 0 Å². The number of carbonyl (C=O) groups excluding carboxylic acids is 1. The van der Waals surface area contributed by atoms with E-state index in [9.17, 15) is 4.79 Å². The number of halogens is 1. The molecule has 3 aromatic rings. The first-order valence-corrected chi connectivity index (χ1v) is 10.5. The molecule has 0 aromatic heterocycles. The summed E-state index contributed by atoms with van der Waals surface area (Å²) in [4.78, 5) is 12.0.